The van der Waals surface area contributed by atoms with Crippen molar-refractivity contribution in [2.45, 2.75) is 12.8 Å². The van der Waals surface area contributed by atoms with Crippen molar-refractivity contribution in [3.8, 4) is 11.1 Å². The second kappa shape index (κ2) is 6.74. The van der Waals surface area contributed by atoms with Crippen LogP contribution in [-0.2, 0) is 4.79 Å². The molecule has 1 amide bonds. The molecule has 0 atom stereocenters. The van der Waals surface area contributed by atoms with Gasteiger partial charge in [-0.15, -0.1) is 0 Å². The summed E-state index contributed by atoms with van der Waals surface area (Å²) in [7, 11) is 1.84. The van der Waals surface area contributed by atoms with Gasteiger partial charge in [-0.1, -0.05) is 60.7 Å². The largest absolute Gasteiger partial charge is 0.346 e. The van der Waals surface area contributed by atoms with Crippen molar-refractivity contribution >= 4 is 5.91 Å². The van der Waals surface area contributed by atoms with Gasteiger partial charge in [0.1, 0.15) is 0 Å². The van der Waals surface area contributed by atoms with Crippen LogP contribution >= 0.6 is 0 Å². The third-order valence-electron chi connectivity index (χ3n) is 3.19. The zero-order valence-corrected chi connectivity index (χ0v) is 11.3. The molecular formula is C17H19NO. The number of hydrogen-bond acceptors (Lipinski definition) is 1. The summed E-state index contributed by atoms with van der Waals surface area (Å²) in [6.45, 7) is 0.957. The topological polar surface area (TPSA) is 20.3 Å². The first kappa shape index (κ1) is 13.3. The zero-order valence-electron chi connectivity index (χ0n) is 11.3. The summed E-state index contributed by atoms with van der Waals surface area (Å²) in [6.07, 6.45) is 1.81. The summed E-state index contributed by atoms with van der Waals surface area (Å²) < 4.78 is 0. The first-order valence-corrected chi connectivity index (χ1v) is 6.62. The second-order valence-corrected chi connectivity index (χ2v) is 4.65. The van der Waals surface area contributed by atoms with Crippen LogP contribution in [0.2, 0.25) is 0 Å². The molecule has 0 bridgehead atoms. The van der Waals surface area contributed by atoms with Crippen LogP contribution in [0.5, 0.6) is 0 Å². The van der Waals surface area contributed by atoms with E-state index in [1.54, 1.807) is 4.90 Å². The predicted octanol–water partition coefficient (Wildman–Crippen LogP) is 3.59. The van der Waals surface area contributed by atoms with Gasteiger partial charge < -0.3 is 4.90 Å². The van der Waals surface area contributed by atoms with Gasteiger partial charge in [0.25, 0.3) is 0 Å². The molecule has 0 aliphatic carbocycles. The van der Waals surface area contributed by atoms with Gasteiger partial charge in [-0.2, -0.15) is 0 Å². The van der Waals surface area contributed by atoms with Crippen molar-refractivity contribution in [2.24, 2.45) is 0 Å². The number of hydrogen-bond donors (Lipinski definition) is 0. The van der Waals surface area contributed by atoms with E-state index in [1.807, 2.05) is 19.2 Å². The number of nitrogens with zero attached hydrogens (tertiary/aromatic N) is 1. The fraction of sp³-hybridized carbons (Fsp3) is 0.235. The molecule has 2 nitrogen and oxygen atoms in total. The van der Waals surface area contributed by atoms with Crippen molar-refractivity contribution in [1.29, 1.82) is 0 Å². The minimum atomic E-state index is 0.292. The van der Waals surface area contributed by atoms with Crippen molar-refractivity contribution in [3.63, 3.8) is 0 Å². The molecule has 0 radical (unpaired) electrons. The van der Waals surface area contributed by atoms with Crippen molar-refractivity contribution < 1.29 is 4.79 Å². The normalized spacial score (nSPS) is 13.9. The summed E-state index contributed by atoms with van der Waals surface area (Å²) in [5.74, 6) is 0.292. The number of carbonyl (C=O) groups excluding carboxylic acids is 1. The molecule has 1 aliphatic heterocycles. The molecular weight excluding hydrogens is 234 g/mol. The maximum Gasteiger partial charge on any atom is 0.222 e. The van der Waals surface area contributed by atoms with Gasteiger partial charge in [0.2, 0.25) is 5.91 Å². The van der Waals surface area contributed by atoms with Gasteiger partial charge in [0.15, 0.2) is 0 Å². The van der Waals surface area contributed by atoms with Gasteiger partial charge in [0, 0.05) is 20.0 Å². The lowest BCUT2D eigenvalue weighted by Gasteiger charge is -2.03. The Kier molecular flexibility index (Phi) is 4.73. The first-order chi connectivity index (χ1) is 9.27. The van der Waals surface area contributed by atoms with E-state index in [-0.39, 0.29) is 0 Å². The monoisotopic (exact) mass is 253 g/mol. The second-order valence-electron chi connectivity index (χ2n) is 4.65. The van der Waals surface area contributed by atoms with Gasteiger partial charge in [-0.25, -0.2) is 0 Å². The lowest BCUT2D eigenvalue weighted by Crippen LogP contribution is -2.17. The molecule has 3 rings (SSSR count). The Balaban J connectivity index is 0.000000163. The summed E-state index contributed by atoms with van der Waals surface area (Å²) in [5, 5.41) is 0. The number of likely N-dealkylation sites (tertiary alicyclic amines) is 1. The van der Waals surface area contributed by atoms with Crippen LogP contribution in [0.15, 0.2) is 60.7 Å². The number of rotatable bonds is 1. The van der Waals surface area contributed by atoms with Gasteiger partial charge in [-0.05, 0) is 17.5 Å². The molecule has 0 spiro atoms. The fourth-order valence-electron chi connectivity index (χ4n) is 2.04. The summed E-state index contributed by atoms with van der Waals surface area (Å²) in [5.41, 5.74) is 2.55. The number of benzene rings is 2. The molecule has 1 saturated heterocycles. The van der Waals surface area contributed by atoms with Crippen LogP contribution < -0.4 is 0 Å². The van der Waals surface area contributed by atoms with Crippen LogP contribution in [0, 0.1) is 0 Å². The number of amides is 1. The average Bonchev–Trinajstić information content (AvgIpc) is 2.85. The Morgan fingerprint density at radius 2 is 1.32 bits per heavy atom. The molecule has 98 valence electrons. The highest BCUT2D eigenvalue weighted by Crippen LogP contribution is 2.17. The van der Waals surface area contributed by atoms with Crippen LogP contribution in [0.4, 0.5) is 0 Å². The van der Waals surface area contributed by atoms with E-state index in [1.165, 1.54) is 11.1 Å². The van der Waals surface area contributed by atoms with E-state index in [4.69, 9.17) is 0 Å². The molecule has 19 heavy (non-hydrogen) atoms. The molecule has 2 aromatic carbocycles. The molecule has 1 aliphatic rings. The fourth-order valence-corrected chi connectivity index (χ4v) is 2.04. The molecule has 1 heterocycles. The van der Waals surface area contributed by atoms with E-state index in [9.17, 15) is 4.79 Å². The van der Waals surface area contributed by atoms with Crippen molar-refractivity contribution in [1.82, 2.24) is 4.90 Å². The van der Waals surface area contributed by atoms with Gasteiger partial charge in [0.05, 0.1) is 0 Å². The van der Waals surface area contributed by atoms with E-state index in [0.29, 0.717) is 5.91 Å². The Morgan fingerprint density at radius 1 is 0.842 bits per heavy atom. The molecule has 0 aromatic heterocycles. The highest BCUT2D eigenvalue weighted by molar-refractivity contribution is 5.77. The molecule has 2 heteroatoms. The van der Waals surface area contributed by atoms with E-state index >= 15 is 0 Å². The van der Waals surface area contributed by atoms with Crippen LogP contribution in [0.25, 0.3) is 11.1 Å². The van der Waals surface area contributed by atoms with Gasteiger partial charge >= 0.3 is 0 Å². The Labute approximate surface area is 114 Å². The minimum absolute atomic E-state index is 0.292. The highest BCUT2D eigenvalue weighted by Gasteiger charge is 2.14. The quantitative estimate of drug-likeness (QED) is 0.760. The Hall–Kier alpha value is -2.09. The summed E-state index contributed by atoms with van der Waals surface area (Å²) in [6, 6.07) is 20.8. The molecule has 2 aromatic rings. The summed E-state index contributed by atoms with van der Waals surface area (Å²) >= 11 is 0. The maximum atomic E-state index is 10.5. The smallest absolute Gasteiger partial charge is 0.222 e. The van der Waals surface area contributed by atoms with E-state index in [2.05, 4.69) is 48.5 Å². The third-order valence-corrected chi connectivity index (χ3v) is 3.19. The van der Waals surface area contributed by atoms with Crippen LogP contribution in [0.3, 0.4) is 0 Å². The average molecular weight is 253 g/mol. The lowest BCUT2D eigenvalue weighted by molar-refractivity contribution is -0.126. The molecule has 0 saturated carbocycles. The lowest BCUT2D eigenvalue weighted by atomic mass is 10.1. The first-order valence-electron chi connectivity index (χ1n) is 6.62. The van der Waals surface area contributed by atoms with E-state index < -0.39 is 0 Å². The van der Waals surface area contributed by atoms with Crippen molar-refractivity contribution in [2.75, 3.05) is 13.6 Å². The van der Waals surface area contributed by atoms with Crippen LogP contribution in [-0.4, -0.2) is 24.4 Å². The maximum absolute atomic E-state index is 10.5. The highest BCUT2D eigenvalue weighted by atomic mass is 16.2. The molecule has 0 N–H and O–H groups in total. The zero-order chi connectivity index (χ0) is 13.5. The minimum Gasteiger partial charge on any atom is -0.346 e. The molecule has 1 fully saturated rings. The summed E-state index contributed by atoms with van der Waals surface area (Å²) in [4.78, 5) is 12.3. The van der Waals surface area contributed by atoms with Gasteiger partial charge in [-0.3, -0.25) is 4.79 Å². The predicted molar refractivity (Wildman–Crippen MR) is 78.7 cm³/mol. The molecule has 0 unspecified atom stereocenters. The van der Waals surface area contributed by atoms with Crippen LogP contribution in [0.1, 0.15) is 12.8 Å². The SMILES string of the molecule is CN1CCCC1=O.c1ccc(-c2ccccc2)cc1. The number of carbonyl (C=O) groups is 1. The Bertz CT molecular complexity index is 470. The van der Waals surface area contributed by atoms with E-state index in [0.717, 1.165) is 19.4 Å². The van der Waals surface area contributed by atoms with Crippen molar-refractivity contribution in [3.05, 3.63) is 60.7 Å². The standard InChI is InChI=1S/C12H10.C5H9NO/c1-3-7-11(8-4-1)12-9-5-2-6-10-12;1-6-4-2-3-5(6)7/h1-10H;2-4H2,1H3. The third kappa shape index (κ3) is 3.95. The Morgan fingerprint density at radius 3 is 1.58 bits per heavy atom.